The molecule has 0 saturated carbocycles. The predicted octanol–water partition coefficient (Wildman–Crippen LogP) is 6.30. The molecule has 0 bridgehead atoms. The Labute approximate surface area is 195 Å². The van der Waals surface area contributed by atoms with Crippen molar-refractivity contribution in [1.29, 1.82) is 0 Å². The molecule has 1 amide bonds. The van der Waals surface area contributed by atoms with E-state index < -0.39 is 0 Å². The van der Waals surface area contributed by atoms with Crippen molar-refractivity contribution in [1.82, 2.24) is 4.98 Å². The lowest BCUT2D eigenvalue weighted by Gasteiger charge is -2.12. The second kappa shape index (κ2) is 9.94. The van der Waals surface area contributed by atoms with Crippen LogP contribution < -0.4 is 14.8 Å². The molecule has 0 aliphatic heterocycles. The van der Waals surface area contributed by atoms with E-state index in [1.165, 1.54) is 11.8 Å². The van der Waals surface area contributed by atoms with E-state index in [0.717, 1.165) is 32.8 Å². The van der Waals surface area contributed by atoms with Crippen LogP contribution in [-0.2, 0) is 4.79 Å². The zero-order valence-electron chi connectivity index (χ0n) is 17.6. The van der Waals surface area contributed by atoms with Gasteiger partial charge in [-0.1, -0.05) is 53.7 Å². The van der Waals surface area contributed by atoms with Crippen LogP contribution in [-0.4, -0.2) is 30.9 Å². The fourth-order valence-electron chi connectivity index (χ4n) is 3.35. The molecule has 1 heterocycles. The smallest absolute Gasteiger partial charge is 0.234 e. The van der Waals surface area contributed by atoms with Crippen LogP contribution in [0.5, 0.6) is 11.5 Å². The van der Waals surface area contributed by atoms with E-state index >= 15 is 0 Å². The molecular weight excluding hydrogens is 444 g/mol. The summed E-state index contributed by atoms with van der Waals surface area (Å²) in [5.41, 5.74) is 3.48. The van der Waals surface area contributed by atoms with Crippen molar-refractivity contribution in [2.45, 2.75) is 5.03 Å². The SMILES string of the molecule is COc1ccc2c(-c3ccccc3)cc(SCC(=O)Nc3cc(Cl)ccc3OC)nc2c1. The minimum Gasteiger partial charge on any atom is -0.497 e. The van der Waals surface area contributed by atoms with Gasteiger partial charge >= 0.3 is 0 Å². The molecule has 0 radical (unpaired) electrons. The fraction of sp³-hybridized carbons (Fsp3) is 0.120. The van der Waals surface area contributed by atoms with Gasteiger partial charge in [0.15, 0.2) is 0 Å². The van der Waals surface area contributed by atoms with Crippen LogP contribution >= 0.6 is 23.4 Å². The van der Waals surface area contributed by atoms with Crippen molar-refractivity contribution >= 4 is 45.9 Å². The number of anilines is 1. The summed E-state index contributed by atoms with van der Waals surface area (Å²) in [6.07, 6.45) is 0. The van der Waals surface area contributed by atoms with Crippen LogP contribution in [0.2, 0.25) is 5.02 Å². The number of halogens is 1. The number of nitrogens with one attached hydrogen (secondary N) is 1. The number of carbonyl (C=O) groups is 1. The number of hydrogen-bond acceptors (Lipinski definition) is 5. The Morgan fingerprint density at radius 1 is 1.00 bits per heavy atom. The summed E-state index contributed by atoms with van der Waals surface area (Å²) in [5.74, 6) is 1.29. The molecule has 0 fully saturated rings. The van der Waals surface area contributed by atoms with E-state index in [4.69, 9.17) is 26.1 Å². The third-order valence-electron chi connectivity index (χ3n) is 4.87. The van der Waals surface area contributed by atoms with E-state index in [1.54, 1.807) is 32.4 Å². The Balaban J connectivity index is 1.60. The summed E-state index contributed by atoms with van der Waals surface area (Å²) in [6.45, 7) is 0. The Hall–Kier alpha value is -3.22. The molecule has 1 N–H and O–H groups in total. The average Bonchev–Trinajstić information content (AvgIpc) is 2.82. The highest BCUT2D eigenvalue weighted by Gasteiger charge is 2.13. The van der Waals surface area contributed by atoms with Crippen LogP contribution in [0.15, 0.2) is 77.8 Å². The van der Waals surface area contributed by atoms with E-state index in [2.05, 4.69) is 17.4 Å². The number of thioether (sulfide) groups is 1. The van der Waals surface area contributed by atoms with E-state index in [0.29, 0.717) is 16.5 Å². The zero-order valence-corrected chi connectivity index (χ0v) is 19.2. The van der Waals surface area contributed by atoms with Gasteiger partial charge in [0.25, 0.3) is 0 Å². The summed E-state index contributed by atoms with van der Waals surface area (Å²) in [7, 11) is 3.18. The number of nitrogens with zero attached hydrogens (tertiary/aromatic N) is 1. The maximum absolute atomic E-state index is 12.6. The maximum atomic E-state index is 12.6. The Morgan fingerprint density at radius 2 is 1.81 bits per heavy atom. The Bertz CT molecular complexity index is 1270. The molecule has 0 unspecified atom stereocenters. The van der Waals surface area contributed by atoms with Crippen molar-refractivity contribution < 1.29 is 14.3 Å². The summed E-state index contributed by atoms with van der Waals surface area (Å²) in [4.78, 5) is 17.4. The van der Waals surface area contributed by atoms with Crippen LogP contribution in [0.4, 0.5) is 5.69 Å². The highest BCUT2D eigenvalue weighted by atomic mass is 35.5. The maximum Gasteiger partial charge on any atom is 0.234 e. The number of fused-ring (bicyclic) bond motifs is 1. The highest BCUT2D eigenvalue weighted by Crippen LogP contribution is 2.34. The van der Waals surface area contributed by atoms with Gasteiger partial charge in [0.05, 0.1) is 36.2 Å². The van der Waals surface area contributed by atoms with Gasteiger partial charge in [-0.25, -0.2) is 4.98 Å². The minimum atomic E-state index is -0.177. The predicted molar refractivity (Wildman–Crippen MR) is 131 cm³/mol. The van der Waals surface area contributed by atoms with Gasteiger partial charge in [-0.05, 0) is 47.5 Å². The first kappa shape index (κ1) is 22.0. The summed E-state index contributed by atoms with van der Waals surface area (Å²) < 4.78 is 10.7. The number of methoxy groups -OCH3 is 2. The lowest BCUT2D eigenvalue weighted by Crippen LogP contribution is -2.14. The molecular formula is C25H21ClN2O3S. The molecule has 0 aliphatic rings. The Morgan fingerprint density at radius 3 is 2.56 bits per heavy atom. The standard InChI is InChI=1S/C25H21ClN2O3S/c1-30-18-9-10-19-20(16-6-4-3-5-7-16)14-25(28-21(19)13-18)32-15-24(29)27-22-12-17(26)8-11-23(22)31-2/h3-14H,15H2,1-2H3,(H,27,29). The highest BCUT2D eigenvalue weighted by molar-refractivity contribution is 7.99. The van der Waals surface area contributed by atoms with Gasteiger partial charge in [-0.15, -0.1) is 0 Å². The molecule has 3 aromatic carbocycles. The first-order chi connectivity index (χ1) is 15.6. The molecule has 0 atom stereocenters. The van der Waals surface area contributed by atoms with E-state index in [-0.39, 0.29) is 11.7 Å². The van der Waals surface area contributed by atoms with Gasteiger partial charge in [0, 0.05) is 16.5 Å². The Kier molecular flexibility index (Phi) is 6.83. The largest absolute Gasteiger partial charge is 0.497 e. The fourth-order valence-corrected chi connectivity index (χ4v) is 4.23. The topological polar surface area (TPSA) is 60.5 Å². The van der Waals surface area contributed by atoms with Gasteiger partial charge in [-0.3, -0.25) is 4.79 Å². The number of benzene rings is 3. The first-order valence-electron chi connectivity index (χ1n) is 9.88. The molecule has 1 aromatic heterocycles. The average molecular weight is 465 g/mol. The van der Waals surface area contributed by atoms with Crippen LogP contribution in [0.1, 0.15) is 0 Å². The molecule has 5 nitrogen and oxygen atoms in total. The normalized spacial score (nSPS) is 10.7. The third kappa shape index (κ3) is 4.98. The number of aromatic nitrogens is 1. The first-order valence-corrected chi connectivity index (χ1v) is 11.2. The minimum absolute atomic E-state index is 0.177. The van der Waals surface area contributed by atoms with Crippen molar-refractivity contribution in [3.8, 4) is 22.6 Å². The summed E-state index contributed by atoms with van der Waals surface area (Å²) in [6, 6.07) is 23.1. The van der Waals surface area contributed by atoms with Crippen LogP contribution in [0, 0.1) is 0 Å². The zero-order chi connectivity index (χ0) is 22.5. The monoisotopic (exact) mass is 464 g/mol. The van der Waals surface area contributed by atoms with E-state index in [1.807, 2.05) is 42.5 Å². The number of ether oxygens (including phenoxy) is 2. The molecule has 7 heteroatoms. The number of carbonyl (C=O) groups excluding carboxylic acids is 1. The molecule has 162 valence electrons. The molecule has 0 aliphatic carbocycles. The quantitative estimate of drug-likeness (QED) is 0.325. The lowest BCUT2D eigenvalue weighted by atomic mass is 10.0. The van der Waals surface area contributed by atoms with Crippen molar-refractivity contribution in [3.05, 3.63) is 77.8 Å². The summed E-state index contributed by atoms with van der Waals surface area (Å²) in [5, 5.41) is 5.15. The number of pyridine rings is 1. The van der Waals surface area contributed by atoms with Crippen LogP contribution in [0.3, 0.4) is 0 Å². The number of rotatable bonds is 7. The lowest BCUT2D eigenvalue weighted by molar-refractivity contribution is -0.113. The second-order valence-electron chi connectivity index (χ2n) is 6.94. The number of amides is 1. The van der Waals surface area contributed by atoms with Gasteiger partial charge in [-0.2, -0.15) is 0 Å². The van der Waals surface area contributed by atoms with Gasteiger partial charge in [0.2, 0.25) is 5.91 Å². The molecule has 32 heavy (non-hydrogen) atoms. The molecule has 0 spiro atoms. The summed E-state index contributed by atoms with van der Waals surface area (Å²) >= 11 is 7.42. The molecule has 4 rings (SSSR count). The molecule has 4 aromatic rings. The number of hydrogen-bond donors (Lipinski definition) is 1. The van der Waals surface area contributed by atoms with Crippen LogP contribution in [0.25, 0.3) is 22.0 Å². The molecule has 0 saturated heterocycles. The van der Waals surface area contributed by atoms with E-state index in [9.17, 15) is 4.79 Å². The second-order valence-corrected chi connectivity index (χ2v) is 8.37. The van der Waals surface area contributed by atoms with Crippen molar-refractivity contribution in [3.63, 3.8) is 0 Å². The van der Waals surface area contributed by atoms with Crippen molar-refractivity contribution in [2.75, 3.05) is 25.3 Å². The van der Waals surface area contributed by atoms with Crippen molar-refractivity contribution in [2.24, 2.45) is 0 Å². The third-order valence-corrected chi connectivity index (χ3v) is 6.01. The van der Waals surface area contributed by atoms with Gasteiger partial charge in [0.1, 0.15) is 11.5 Å². The van der Waals surface area contributed by atoms with Gasteiger partial charge < -0.3 is 14.8 Å².